The molecule has 1 aliphatic heterocycles. The van der Waals surface area contributed by atoms with Crippen molar-refractivity contribution in [2.45, 2.75) is 6.92 Å². The summed E-state index contributed by atoms with van der Waals surface area (Å²) in [6, 6.07) is 6.95. The van der Waals surface area contributed by atoms with Crippen LogP contribution >= 0.6 is 0 Å². The summed E-state index contributed by atoms with van der Waals surface area (Å²) < 4.78 is 10.5. The van der Waals surface area contributed by atoms with Crippen LogP contribution in [0.4, 0.5) is 11.5 Å². The van der Waals surface area contributed by atoms with Crippen molar-refractivity contribution in [1.29, 1.82) is 0 Å². The van der Waals surface area contributed by atoms with E-state index in [9.17, 15) is 4.79 Å². The van der Waals surface area contributed by atoms with Gasteiger partial charge >= 0.3 is 0 Å². The maximum absolute atomic E-state index is 12.7. The number of hydrogen-bond donors (Lipinski definition) is 1. The Bertz CT molecular complexity index is 791. The molecule has 1 saturated heterocycles. The van der Waals surface area contributed by atoms with Gasteiger partial charge in [0, 0.05) is 38.3 Å². The molecule has 1 N–H and O–H groups in total. The molecule has 1 aliphatic rings. The fourth-order valence-corrected chi connectivity index (χ4v) is 3.04. The number of likely N-dealkylation sites (N-methyl/N-ethyl adjacent to an activating group) is 1. The van der Waals surface area contributed by atoms with Crippen LogP contribution < -0.4 is 19.7 Å². The lowest BCUT2D eigenvalue weighted by Gasteiger charge is -2.34. The average molecular weight is 371 g/mol. The van der Waals surface area contributed by atoms with E-state index in [2.05, 4.69) is 32.0 Å². The van der Waals surface area contributed by atoms with Crippen LogP contribution in [0.15, 0.2) is 30.6 Å². The minimum absolute atomic E-state index is 0.308. The Balaban J connectivity index is 1.74. The number of aromatic nitrogens is 2. The van der Waals surface area contributed by atoms with E-state index in [1.54, 1.807) is 38.5 Å². The van der Waals surface area contributed by atoms with Crippen LogP contribution in [0.5, 0.6) is 11.5 Å². The summed E-state index contributed by atoms with van der Waals surface area (Å²) in [6.45, 7) is 6.96. The summed E-state index contributed by atoms with van der Waals surface area (Å²) in [6.07, 6.45) is 1.43. The summed E-state index contributed by atoms with van der Waals surface area (Å²) in [5, 5.41) is 2.84. The fraction of sp³-hybridized carbons (Fsp3) is 0.421. The minimum atomic E-state index is -0.322. The highest BCUT2D eigenvalue weighted by Crippen LogP contribution is 2.29. The summed E-state index contributed by atoms with van der Waals surface area (Å²) in [7, 11) is 3.12. The molecule has 1 fully saturated rings. The number of anilines is 2. The molecule has 1 amide bonds. The number of ether oxygens (including phenoxy) is 2. The SMILES string of the molecule is CCN1CCN(c2cc(C(=O)Nc3cc(OC)ccc3OC)ncn2)CC1. The number of hydrogen-bond acceptors (Lipinski definition) is 7. The highest BCUT2D eigenvalue weighted by atomic mass is 16.5. The van der Waals surface area contributed by atoms with E-state index in [0.29, 0.717) is 22.9 Å². The number of methoxy groups -OCH3 is 2. The molecule has 1 aromatic heterocycles. The van der Waals surface area contributed by atoms with E-state index in [1.165, 1.54) is 6.33 Å². The zero-order chi connectivity index (χ0) is 19.2. The maximum atomic E-state index is 12.7. The number of benzene rings is 1. The number of amides is 1. The summed E-state index contributed by atoms with van der Waals surface area (Å²) in [5.41, 5.74) is 0.835. The van der Waals surface area contributed by atoms with Crippen LogP contribution in [0.25, 0.3) is 0 Å². The largest absolute Gasteiger partial charge is 0.497 e. The Kier molecular flexibility index (Phi) is 6.08. The number of nitrogens with zero attached hydrogens (tertiary/aromatic N) is 4. The molecule has 144 valence electrons. The summed E-state index contributed by atoms with van der Waals surface area (Å²) in [5.74, 6) is 1.62. The fourth-order valence-electron chi connectivity index (χ4n) is 3.04. The first-order valence-corrected chi connectivity index (χ1v) is 8.97. The molecular weight excluding hydrogens is 346 g/mol. The zero-order valence-corrected chi connectivity index (χ0v) is 15.9. The normalized spacial score (nSPS) is 14.7. The van der Waals surface area contributed by atoms with Gasteiger partial charge in [0.1, 0.15) is 29.3 Å². The number of carbonyl (C=O) groups excluding carboxylic acids is 1. The number of piperazine rings is 1. The van der Waals surface area contributed by atoms with Crippen molar-refractivity contribution in [3.8, 4) is 11.5 Å². The highest BCUT2D eigenvalue weighted by molar-refractivity contribution is 6.04. The highest BCUT2D eigenvalue weighted by Gasteiger charge is 2.19. The molecule has 3 rings (SSSR count). The van der Waals surface area contributed by atoms with Gasteiger partial charge in [-0.15, -0.1) is 0 Å². The van der Waals surface area contributed by atoms with Gasteiger partial charge in [0.15, 0.2) is 0 Å². The Morgan fingerprint density at radius 3 is 2.56 bits per heavy atom. The van der Waals surface area contributed by atoms with Crippen LogP contribution in [-0.2, 0) is 0 Å². The van der Waals surface area contributed by atoms with E-state index in [4.69, 9.17) is 9.47 Å². The van der Waals surface area contributed by atoms with E-state index in [1.807, 2.05) is 0 Å². The van der Waals surface area contributed by atoms with Crippen LogP contribution in [0.2, 0.25) is 0 Å². The van der Waals surface area contributed by atoms with E-state index in [0.717, 1.165) is 38.5 Å². The lowest BCUT2D eigenvalue weighted by atomic mass is 10.2. The lowest BCUT2D eigenvalue weighted by Crippen LogP contribution is -2.46. The molecule has 8 nitrogen and oxygen atoms in total. The molecule has 0 unspecified atom stereocenters. The van der Waals surface area contributed by atoms with Gasteiger partial charge in [-0.25, -0.2) is 9.97 Å². The van der Waals surface area contributed by atoms with Crippen LogP contribution in [0.1, 0.15) is 17.4 Å². The molecule has 27 heavy (non-hydrogen) atoms. The van der Waals surface area contributed by atoms with Crippen molar-refractivity contribution < 1.29 is 14.3 Å². The molecule has 1 aromatic carbocycles. The Morgan fingerprint density at radius 2 is 1.89 bits per heavy atom. The van der Waals surface area contributed by atoms with Gasteiger partial charge in [0.25, 0.3) is 5.91 Å². The first-order valence-electron chi connectivity index (χ1n) is 8.97. The molecule has 0 aliphatic carbocycles. The van der Waals surface area contributed by atoms with Crippen molar-refractivity contribution in [2.24, 2.45) is 0 Å². The van der Waals surface area contributed by atoms with Crippen LogP contribution in [0.3, 0.4) is 0 Å². The first kappa shape index (κ1) is 18.9. The van der Waals surface area contributed by atoms with Crippen molar-refractivity contribution in [1.82, 2.24) is 14.9 Å². The topological polar surface area (TPSA) is 79.8 Å². The van der Waals surface area contributed by atoms with Gasteiger partial charge in [-0.3, -0.25) is 4.79 Å². The van der Waals surface area contributed by atoms with E-state index < -0.39 is 0 Å². The number of nitrogens with one attached hydrogen (secondary N) is 1. The van der Waals surface area contributed by atoms with Crippen LogP contribution in [-0.4, -0.2) is 67.7 Å². The van der Waals surface area contributed by atoms with Gasteiger partial charge in [0.2, 0.25) is 0 Å². The number of rotatable bonds is 6. The van der Waals surface area contributed by atoms with Crippen LogP contribution in [0, 0.1) is 0 Å². The maximum Gasteiger partial charge on any atom is 0.274 e. The third-order valence-electron chi connectivity index (χ3n) is 4.68. The molecule has 0 spiro atoms. The van der Waals surface area contributed by atoms with E-state index >= 15 is 0 Å². The minimum Gasteiger partial charge on any atom is -0.497 e. The van der Waals surface area contributed by atoms with Gasteiger partial charge in [-0.05, 0) is 18.7 Å². The quantitative estimate of drug-likeness (QED) is 0.830. The Labute approximate surface area is 159 Å². The van der Waals surface area contributed by atoms with Crippen molar-refractivity contribution in [2.75, 3.05) is 57.2 Å². The van der Waals surface area contributed by atoms with E-state index in [-0.39, 0.29) is 5.91 Å². The molecule has 2 aromatic rings. The Morgan fingerprint density at radius 1 is 1.11 bits per heavy atom. The number of carbonyl (C=O) groups is 1. The zero-order valence-electron chi connectivity index (χ0n) is 15.9. The third-order valence-corrected chi connectivity index (χ3v) is 4.68. The predicted octanol–water partition coefficient (Wildman–Crippen LogP) is 1.89. The lowest BCUT2D eigenvalue weighted by molar-refractivity contribution is 0.102. The second-order valence-corrected chi connectivity index (χ2v) is 6.20. The van der Waals surface area contributed by atoms with Crippen molar-refractivity contribution in [3.05, 3.63) is 36.3 Å². The molecule has 0 bridgehead atoms. The van der Waals surface area contributed by atoms with Gasteiger partial charge in [-0.1, -0.05) is 6.92 Å². The second-order valence-electron chi connectivity index (χ2n) is 6.20. The standard InChI is InChI=1S/C19H25N5O3/c1-4-23-7-9-24(10-8-23)18-12-16(20-13-21-18)19(25)22-15-11-14(26-2)5-6-17(15)27-3/h5-6,11-13H,4,7-10H2,1-3H3,(H,22,25). The summed E-state index contributed by atoms with van der Waals surface area (Å²) in [4.78, 5) is 25.7. The third kappa shape index (κ3) is 4.46. The van der Waals surface area contributed by atoms with Crippen molar-refractivity contribution in [3.63, 3.8) is 0 Å². The van der Waals surface area contributed by atoms with Gasteiger partial charge in [0.05, 0.1) is 19.9 Å². The van der Waals surface area contributed by atoms with Gasteiger partial charge in [-0.2, -0.15) is 0 Å². The molecule has 0 atom stereocenters. The molecule has 8 heteroatoms. The smallest absolute Gasteiger partial charge is 0.274 e. The molecular formula is C19H25N5O3. The Hall–Kier alpha value is -2.87. The average Bonchev–Trinajstić information content (AvgIpc) is 2.73. The predicted molar refractivity (Wildman–Crippen MR) is 104 cm³/mol. The van der Waals surface area contributed by atoms with Gasteiger partial charge < -0.3 is 24.6 Å². The summed E-state index contributed by atoms with van der Waals surface area (Å²) >= 11 is 0. The first-order chi connectivity index (χ1) is 13.1. The molecule has 0 radical (unpaired) electrons. The second kappa shape index (κ2) is 8.68. The van der Waals surface area contributed by atoms with Crippen molar-refractivity contribution >= 4 is 17.4 Å². The molecule has 0 saturated carbocycles. The monoisotopic (exact) mass is 371 g/mol. The molecule has 2 heterocycles.